The predicted octanol–water partition coefficient (Wildman–Crippen LogP) is 4.80. The monoisotopic (exact) mass is 316 g/mol. The first kappa shape index (κ1) is 21.4. The molecule has 0 aromatic carbocycles. The topological polar surface area (TPSA) is 55.8 Å². The van der Waals surface area contributed by atoms with Crippen molar-refractivity contribution in [3.63, 3.8) is 0 Å². The second-order valence-electron chi connectivity index (χ2n) is 6.06. The van der Waals surface area contributed by atoms with Crippen LogP contribution in [0.25, 0.3) is 0 Å². The summed E-state index contributed by atoms with van der Waals surface area (Å²) in [5.74, 6) is -0.810. The molecule has 0 aliphatic carbocycles. The summed E-state index contributed by atoms with van der Waals surface area (Å²) in [4.78, 5) is 10.5. The van der Waals surface area contributed by atoms with Crippen molar-refractivity contribution in [2.24, 2.45) is 0 Å². The summed E-state index contributed by atoms with van der Waals surface area (Å²) in [7, 11) is 1.66. The highest BCUT2D eigenvalue weighted by Crippen LogP contribution is 2.13. The van der Waals surface area contributed by atoms with Crippen molar-refractivity contribution < 1.29 is 19.4 Å². The van der Waals surface area contributed by atoms with E-state index in [4.69, 9.17) is 14.6 Å². The maximum atomic E-state index is 10.5. The molecule has 0 saturated carbocycles. The van der Waals surface area contributed by atoms with Crippen molar-refractivity contribution >= 4 is 5.97 Å². The van der Waals surface area contributed by atoms with Gasteiger partial charge >= 0.3 is 5.97 Å². The second-order valence-corrected chi connectivity index (χ2v) is 6.06. The first-order valence-corrected chi connectivity index (χ1v) is 9.03. The van der Waals surface area contributed by atoms with Gasteiger partial charge < -0.3 is 14.6 Å². The third-order valence-electron chi connectivity index (χ3n) is 3.90. The van der Waals surface area contributed by atoms with Crippen molar-refractivity contribution in [1.29, 1.82) is 0 Å². The molecule has 0 radical (unpaired) electrons. The van der Waals surface area contributed by atoms with Gasteiger partial charge in [0, 0.05) is 7.11 Å². The number of carboxylic acid groups (broad SMARTS) is 1. The Hall–Kier alpha value is -0.610. The first-order valence-electron chi connectivity index (χ1n) is 9.03. The third-order valence-corrected chi connectivity index (χ3v) is 3.90. The molecule has 22 heavy (non-hydrogen) atoms. The Kier molecular flexibility index (Phi) is 16.3. The minimum Gasteiger partial charge on any atom is -0.481 e. The van der Waals surface area contributed by atoms with E-state index in [1.165, 1.54) is 57.8 Å². The molecule has 0 aliphatic rings. The Morgan fingerprint density at radius 2 is 1.50 bits per heavy atom. The quantitative estimate of drug-likeness (QED) is 0.391. The van der Waals surface area contributed by atoms with Gasteiger partial charge in [-0.05, 0) is 6.42 Å². The minimum absolute atomic E-state index is 0.0402. The largest absolute Gasteiger partial charge is 0.481 e. The molecule has 0 heterocycles. The van der Waals surface area contributed by atoms with Gasteiger partial charge in [0.05, 0.1) is 25.7 Å². The molecular formula is C18H36O4. The first-order chi connectivity index (χ1) is 10.7. The Labute approximate surface area is 136 Å². The van der Waals surface area contributed by atoms with Crippen LogP contribution in [0.15, 0.2) is 0 Å². The number of hydrogen-bond donors (Lipinski definition) is 1. The average Bonchev–Trinajstić information content (AvgIpc) is 2.48. The summed E-state index contributed by atoms with van der Waals surface area (Å²) in [6.07, 6.45) is 14.3. The van der Waals surface area contributed by atoms with Gasteiger partial charge in [-0.25, -0.2) is 0 Å². The van der Waals surface area contributed by atoms with Crippen molar-refractivity contribution in [3.05, 3.63) is 0 Å². The fourth-order valence-electron chi connectivity index (χ4n) is 2.57. The van der Waals surface area contributed by atoms with E-state index in [0.29, 0.717) is 6.61 Å². The van der Waals surface area contributed by atoms with E-state index in [1.807, 2.05) is 0 Å². The Morgan fingerprint density at radius 1 is 0.955 bits per heavy atom. The van der Waals surface area contributed by atoms with E-state index in [9.17, 15) is 4.79 Å². The van der Waals surface area contributed by atoms with Gasteiger partial charge in [-0.15, -0.1) is 0 Å². The number of ether oxygens (including phenoxy) is 2. The number of hydrogen-bond acceptors (Lipinski definition) is 3. The average molecular weight is 316 g/mol. The molecule has 0 amide bonds. The van der Waals surface area contributed by atoms with Crippen molar-refractivity contribution in [1.82, 2.24) is 0 Å². The standard InChI is InChI=1S/C18H36O4/c1-3-4-5-6-7-8-9-10-11-12-13-17(16-21-2)22-15-14-18(19)20/h17H,3-16H2,1-2H3,(H,19,20). The fraction of sp³-hybridized carbons (Fsp3) is 0.944. The third kappa shape index (κ3) is 15.8. The molecule has 1 N–H and O–H groups in total. The molecule has 1 atom stereocenters. The molecule has 0 rings (SSSR count). The van der Waals surface area contributed by atoms with Crippen LogP contribution in [0.2, 0.25) is 0 Å². The van der Waals surface area contributed by atoms with Crippen LogP contribution in [0, 0.1) is 0 Å². The van der Waals surface area contributed by atoms with Gasteiger partial charge in [-0.3, -0.25) is 4.79 Å². The lowest BCUT2D eigenvalue weighted by molar-refractivity contribution is -0.139. The van der Waals surface area contributed by atoms with Gasteiger partial charge in [0.25, 0.3) is 0 Å². The number of carbonyl (C=O) groups is 1. The molecule has 0 saturated heterocycles. The zero-order valence-corrected chi connectivity index (χ0v) is 14.6. The number of rotatable bonds is 17. The maximum absolute atomic E-state index is 10.5. The molecule has 0 aromatic heterocycles. The van der Waals surface area contributed by atoms with Crippen molar-refractivity contribution in [2.45, 2.75) is 90.1 Å². The summed E-state index contributed by atoms with van der Waals surface area (Å²) >= 11 is 0. The summed E-state index contributed by atoms with van der Waals surface area (Å²) in [6.45, 7) is 3.08. The van der Waals surface area contributed by atoms with Crippen molar-refractivity contribution in [3.8, 4) is 0 Å². The molecule has 132 valence electrons. The number of unbranched alkanes of at least 4 members (excludes halogenated alkanes) is 9. The number of carboxylic acids is 1. The van der Waals surface area contributed by atoms with Crippen LogP contribution in [-0.4, -0.2) is 37.5 Å². The normalized spacial score (nSPS) is 12.5. The summed E-state index contributed by atoms with van der Waals surface area (Å²) in [5.41, 5.74) is 0. The van der Waals surface area contributed by atoms with E-state index >= 15 is 0 Å². The molecule has 4 heteroatoms. The fourth-order valence-corrected chi connectivity index (χ4v) is 2.57. The Bertz CT molecular complexity index is 243. The van der Waals surface area contributed by atoms with Gasteiger partial charge in [-0.1, -0.05) is 71.1 Å². The summed E-state index contributed by atoms with van der Waals surface area (Å²) in [6, 6.07) is 0. The van der Waals surface area contributed by atoms with Crippen molar-refractivity contribution in [2.75, 3.05) is 20.3 Å². The molecule has 0 aromatic rings. The number of aliphatic carboxylic acids is 1. The van der Waals surface area contributed by atoms with Crippen LogP contribution in [0.1, 0.15) is 84.0 Å². The molecule has 0 fully saturated rings. The van der Waals surface area contributed by atoms with Gasteiger partial charge in [0.2, 0.25) is 0 Å². The second kappa shape index (κ2) is 16.8. The van der Waals surface area contributed by atoms with E-state index in [-0.39, 0.29) is 19.1 Å². The maximum Gasteiger partial charge on any atom is 0.305 e. The number of methoxy groups -OCH3 is 1. The van der Waals surface area contributed by atoms with E-state index in [0.717, 1.165) is 12.8 Å². The van der Waals surface area contributed by atoms with Crippen LogP contribution < -0.4 is 0 Å². The highest BCUT2D eigenvalue weighted by Gasteiger charge is 2.09. The van der Waals surface area contributed by atoms with Crippen LogP contribution >= 0.6 is 0 Å². The van der Waals surface area contributed by atoms with E-state index < -0.39 is 5.97 Å². The lowest BCUT2D eigenvalue weighted by Crippen LogP contribution is -2.20. The van der Waals surface area contributed by atoms with Gasteiger partial charge in [0.15, 0.2) is 0 Å². The minimum atomic E-state index is -0.810. The van der Waals surface area contributed by atoms with Gasteiger partial charge in [0.1, 0.15) is 0 Å². The zero-order chi connectivity index (χ0) is 16.5. The Morgan fingerprint density at radius 3 is 2.00 bits per heavy atom. The van der Waals surface area contributed by atoms with Crippen LogP contribution in [-0.2, 0) is 14.3 Å². The molecular weight excluding hydrogens is 280 g/mol. The molecule has 0 aliphatic heterocycles. The SMILES string of the molecule is CCCCCCCCCCCCC(COC)OCCC(=O)O. The zero-order valence-electron chi connectivity index (χ0n) is 14.6. The van der Waals surface area contributed by atoms with Crippen LogP contribution in [0.4, 0.5) is 0 Å². The Balaban J connectivity index is 3.41. The lowest BCUT2D eigenvalue weighted by atomic mass is 10.0. The highest BCUT2D eigenvalue weighted by molar-refractivity contribution is 5.66. The predicted molar refractivity (Wildman–Crippen MR) is 90.3 cm³/mol. The highest BCUT2D eigenvalue weighted by atomic mass is 16.5. The molecule has 0 spiro atoms. The van der Waals surface area contributed by atoms with Crippen LogP contribution in [0.3, 0.4) is 0 Å². The summed E-state index contributed by atoms with van der Waals surface area (Å²) in [5, 5.41) is 8.61. The molecule has 4 nitrogen and oxygen atoms in total. The summed E-state index contributed by atoms with van der Waals surface area (Å²) < 4.78 is 10.7. The molecule has 0 bridgehead atoms. The van der Waals surface area contributed by atoms with E-state index in [2.05, 4.69) is 6.92 Å². The van der Waals surface area contributed by atoms with E-state index in [1.54, 1.807) is 7.11 Å². The molecule has 1 unspecified atom stereocenters. The smallest absolute Gasteiger partial charge is 0.305 e. The lowest BCUT2D eigenvalue weighted by Gasteiger charge is -2.16. The van der Waals surface area contributed by atoms with Gasteiger partial charge in [-0.2, -0.15) is 0 Å². The van der Waals surface area contributed by atoms with Crippen LogP contribution in [0.5, 0.6) is 0 Å².